The Morgan fingerprint density at radius 1 is 1.75 bits per heavy atom. The fourth-order valence-corrected chi connectivity index (χ4v) is 1.08. The summed E-state index contributed by atoms with van der Waals surface area (Å²) in [5.74, 6) is -0.504. The maximum atomic E-state index is 10.7. The third-order valence-corrected chi connectivity index (χ3v) is 1.69. The zero-order valence-corrected chi connectivity index (χ0v) is 6.41. The van der Waals surface area contributed by atoms with Crippen LogP contribution in [0, 0.1) is 11.3 Å². The molecule has 1 rings (SSSR count). The van der Waals surface area contributed by atoms with E-state index in [1.807, 2.05) is 6.08 Å². The Hall–Kier alpha value is -1.69. The lowest BCUT2D eigenvalue weighted by Gasteiger charge is -1.94. The maximum absolute atomic E-state index is 10.7. The van der Waals surface area contributed by atoms with E-state index in [-0.39, 0.29) is 6.42 Å². The van der Waals surface area contributed by atoms with Gasteiger partial charge in [0.2, 0.25) is 5.78 Å². The second-order valence-corrected chi connectivity index (χ2v) is 2.49. The van der Waals surface area contributed by atoms with Gasteiger partial charge in [0.1, 0.15) is 12.4 Å². The van der Waals surface area contributed by atoms with Crippen LogP contribution in [0.3, 0.4) is 0 Å². The van der Waals surface area contributed by atoms with Gasteiger partial charge in [0, 0.05) is 6.42 Å². The first-order valence-corrected chi connectivity index (χ1v) is 3.54. The van der Waals surface area contributed by atoms with Gasteiger partial charge in [-0.05, 0) is 17.6 Å². The molecule has 0 bridgehead atoms. The number of carbonyl (C=O) groups is 2. The Kier molecular flexibility index (Phi) is 2.54. The Bertz CT molecular complexity index is 318. The summed E-state index contributed by atoms with van der Waals surface area (Å²) in [5.41, 5.74) is 1.29. The molecule has 0 aliphatic heterocycles. The summed E-state index contributed by atoms with van der Waals surface area (Å²) in [7, 11) is 0. The fourth-order valence-electron chi connectivity index (χ4n) is 1.08. The maximum Gasteiger partial charge on any atom is 0.236 e. The highest BCUT2D eigenvalue weighted by atomic mass is 16.1. The van der Waals surface area contributed by atoms with E-state index in [9.17, 15) is 9.59 Å². The van der Waals surface area contributed by atoms with E-state index >= 15 is 0 Å². The second kappa shape index (κ2) is 3.63. The number of hydrogen-bond acceptors (Lipinski definition) is 3. The van der Waals surface area contributed by atoms with Crippen molar-refractivity contribution in [2.24, 2.45) is 0 Å². The first-order chi connectivity index (χ1) is 5.77. The molecule has 0 N–H and O–H groups in total. The summed E-state index contributed by atoms with van der Waals surface area (Å²) >= 11 is 0. The molecule has 0 amide bonds. The van der Waals surface area contributed by atoms with Gasteiger partial charge in [0.25, 0.3) is 0 Å². The molecule has 0 fully saturated rings. The minimum atomic E-state index is -0.504. The van der Waals surface area contributed by atoms with E-state index in [0.717, 1.165) is 6.29 Å². The number of hydrogen-bond donors (Lipinski definition) is 0. The van der Waals surface area contributed by atoms with Crippen molar-refractivity contribution in [1.29, 1.82) is 5.26 Å². The smallest absolute Gasteiger partial charge is 0.236 e. The summed E-state index contributed by atoms with van der Waals surface area (Å²) in [4.78, 5) is 21.1. The van der Waals surface area contributed by atoms with Crippen LogP contribution < -0.4 is 0 Å². The molecule has 0 spiro atoms. The van der Waals surface area contributed by atoms with Gasteiger partial charge in [-0.25, -0.2) is 0 Å². The molecule has 0 aromatic rings. The van der Waals surface area contributed by atoms with Crippen molar-refractivity contribution in [3.8, 4) is 6.07 Å². The SMILES string of the molecule is N#CC(=O)CC1=C(C=O)CC=C1. The van der Waals surface area contributed by atoms with Crippen molar-refractivity contribution >= 4 is 12.1 Å². The molecule has 60 valence electrons. The van der Waals surface area contributed by atoms with Crippen molar-refractivity contribution < 1.29 is 9.59 Å². The average Bonchev–Trinajstić information content (AvgIpc) is 2.51. The number of rotatable bonds is 3. The summed E-state index contributed by atoms with van der Waals surface area (Å²) in [6, 6.07) is 1.51. The van der Waals surface area contributed by atoms with Gasteiger partial charge in [-0.2, -0.15) is 5.26 Å². The first-order valence-electron chi connectivity index (χ1n) is 3.54. The monoisotopic (exact) mass is 161 g/mol. The lowest BCUT2D eigenvalue weighted by atomic mass is 10.1. The van der Waals surface area contributed by atoms with E-state index in [2.05, 4.69) is 0 Å². The predicted molar refractivity (Wildman–Crippen MR) is 42.1 cm³/mol. The molecule has 0 radical (unpaired) electrons. The van der Waals surface area contributed by atoms with Crippen molar-refractivity contribution in [1.82, 2.24) is 0 Å². The zero-order valence-electron chi connectivity index (χ0n) is 6.41. The molecule has 3 heteroatoms. The van der Waals surface area contributed by atoms with Gasteiger partial charge in [-0.15, -0.1) is 0 Å². The third-order valence-electron chi connectivity index (χ3n) is 1.69. The molecule has 0 unspecified atom stereocenters. The number of Topliss-reactive ketones (excluding diaryl/α,β-unsaturated/α-hetero) is 1. The summed E-state index contributed by atoms with van der Waals surface area (Å²) in [6.45, 7) is 0. The predicted octanol–water partition coefficient (Wildman–Crippen LogP) is 0.925. The molecule has 3 nitrogen and oxygen atoms in total. The van der Waals surface area contributed by atoms with Gasteiger partial charge >= 0.3 is 0 Å². The minimum Gasteiger partial charge on any atom is -0.298 e. The first kappa shape index (κ1) is 8.41. The molecule has 0 heterocycles. The molecule has 0 saturated carbocycles. The summed E-state index contributed by atoms with van der Waals surface area (Å²) < 4.78 is 0. The van der Waals surface area contributed by atoms with Crippen LogP contribution in [0.1, 0.15) is 12.8 Å². The van der Waals surface area contributed by atoms with Crippen LogP contribution in [0.2, 0.25) is 0 Å². The number of nitrogens with zero attached hydrogens (tertiary/aromatic N) is 1. The lowest BCUT2D eigenvalue weighted by molar-refractivity contribution is -0.113. The number of allylic oxidation sites excluding steroid dienone is 4. The van der Waals surface area contributed by atoms with Gasteiger partial charge < -0.3 is 0 Å². The Morgan fingerprint density at radius 2 is 2.50 bits per heavy atom. The average molecular weight is 161 g/mol. The van der Waals surface area contributed by atoms with Crippen LogP contribution >= 0.6 is 0 Å². The van der Waals surface area contributed by atoms with Crippen molar-refractivity contribution in [3.63, 3.8) is 0 Å². The van der Waals surface area contributed by atoms with E-state index in [1.165, 1.54) is 6.07 Å². The van der Waals surface area contributed by atoms with Crippen molar-refractivity contribution in [3.05, 3.63) is 23.3 Å². The second-order valence-electron chi connectivity index (χ2n) is 2.49. The third kappa shape index (κ3) is 1.67. The van der Waals surface area contributed by atoms with Gasteiger partial charge in [-0.1, -0.05) is 12.2 Å². The number of nitriles is 1. The number of aldehydes is 1. The zero-order chi connectivity index (χ0) is 8.97. The van der Waals surface area contributed by atoms with E-state index in [4.69, 9.17) is 5.26 Å². The molecule has 0 saturated heterocycles. The summed E-state index contributed by atoms with van der Waals surface area (Å²) in [6.07, 6.45) is 4.90. The van der Waals surface area contributed by atoms with Crippen LogP contribution in [0.5, 0.6) is 0 Å². The Labute approximate surface area is 70.0 Å². The van der Waals surface area contributed by atoms with Gasteiger partial charge in [0.05, 0.1) is 0 Å². The Morgan fingerprint density at radius 3 is 3.08 bits per heavy atom. The van der Waals surface area contributed by atoms with Crippen LogP contribution in [0.15, 0.2) is 23.3 Å². The van der Waals surface area contributed by atoms with Gasteiger partial charge in [-0.3, -0.25) is 9.59 Å². The normalized spacial score (nSPS) is 14.6. The van der Waals surface area contributed by atoms with Crippen LogP contribution in [-0.2, 0) is 9.59 Å². The van der Waals surface area contributed by atoms with Crippen molar-refractivity contribution in [2.45, 2.75) is 12.8 Å². The highest BCUT2D eigenvalue weighted by Crippen LogP contribution is 2.19. The van der Waals surface area contributed by atoms with E-state index in [0.29, 0.717) is 17.6 Å². The van der Waals surface area contributed by atoms with Crippen LogP contribution in [0.25, 0.3) is 0 Å². The highest BCUT2D eigenvalue weighted by molar-refractivity contribution is 5.96. The van der Waals surface area contributed by atoms with Crippen molar-refractivity contribution in [2.75, 3.05) is 0 Å². The topological polar surface area (TPSA) is 57.9 Å². The molecular formula is C9H7NO2. The van der Waals surface area contributed by atoms with Crippen LogP contribution in [-0.4, -0.2) is 12.1 Å². The molecule has 12 heavy (non-hydrogen) atoms. The molecule has 0 aromatic carbocycles. The standard InChI is InChI=1S/C9H7NO2/c10-5-9(12)4-7-2-1-3-8(7)6-11/h1-2,6H,3-4H2. The lowest BCUT2D eigenvalue weighted by Crippen LogP contribution is -1.96. The quantitative estimate of drug-likeness (QED) is 0.457. The van der Waals surface area contributed by atoms with E-state index < -0.39 is 5.78 Å². The molecule has 1 aliphatic rings. The molecule has 0 atom stereocenters. The summed E-state index contributed by atoms with van der Waals surface area (Å²) in [5, 5.41) is 8.22. The number of ketones is 1. The largest absolute Gasteiger partial charge is 0.298 e. The molecule has 0 aromatic heterocycles. The fraction of sp³-hybridized carbons (Fsp3) is 0.222. The molecular weight excluding hydrogens is 154 g/mol. The highest BCUT2D eigenvalue weighted by Gasteiger charge is 2.11. The van der Waals surface area contributed by atoms with Gasteiger partial charge in [0.15, 0.2) is 0 Å². The van der Waals surface area contributed by atoms with E-state index in [1.54, 1.807) is 6.08 Å². The Balaban J connectivity index is 2.74. The molecule has 1 aliphatic carbocycles. The van der Waals surface area contributed by atoms with Crippen LogP contribution in [0.4, 0.5) is 0 Å². The minimum absolute atomic E-state index is 0.0566. The number of carbonyl (C=O) groups excluding carboxylic acids is 2.